The number of benzene rings is 10. The van der Waals surface area contributed by atoms with Gasteiger partial charge >= 0.3 is 0 Å². The van der Waals surface area contributed by atoms with E-state index >= 15 is 0 Å². The van der Waals surface area contributed by atoms with Gasteiger partial charge in [-0.25, -0.2) is 9.69 Å². The van der Waals surface area contributed by atoms with E-state index in [-0.39, 0.29) is 67.5 Å². The van der Waals surface area contributed by atoms with Crippen molar-refractivity contribution in [3.8, 4) is 58.2 Å². The summed E-state index contributed by atoms with van der Waals surface area (Å²) in [5, 5.41) is 54.2. The van der Waals surface area contributed by atoms with Crippen molar-refractivity contribution in [2.24, 2.45) is 0 Å². The maximum Gasteiger partial charge on any atom is 0.230 e. The second-order valence-electron chi connectivity index (χ2n) is 18.5. The Bertz CT molecular complexity index is 4360. The molecule has 0 bridgehead atoms. The summed E-state index contributed by atoms with van der Waals surface area (Å²) >= 11 is 0. The van der Waals surface area contributed by atoms with Crippen molar-refractivity contribution in [1.82, 2.24) is 18.3 Å². The molecule has 0 unspecified atom stereocenters. The summed E-state index contributed by atoms with van der Waals surface area (Å²) < 4.78 is 7.99. The van der Waals surface area contributed by atoms with Gasteiger partial charge in [0.1, 0.15) is 12.1 Å². The molecule has 10 heteroatoms. The first-order chi connectivity index (χ1) is 37.6. The van der Waals surface area contributed by atoms with E-state index in [1.807, 2.05) is 212 Å². The van der Waals surface area contributed by atoms with Gasteiger partial charge in [-0.2, -0.15) is 21.0 Å². The first-order valence-corrected chi connectivity index (χ1v) is 24.3. The summed E-state index contributed by atoms with van der Waals surface area (Å²) in [6.45, 7) is 18.6. The van der Waals surface area contributed by atoms with E-state index in [4.69, 9.17) is 0 Å². The minimum Gasteiger partial charge on any atom is -0.318 e. The zero-order valence-corrected chi connectivity index (χ0v) is 39.9. The van der Waals surface area contributed by atoms with E-state index in [0.717, 1.165) is 43.1 Å². The van der Waals surface area contributed by atoms with Gasteiger partial charge in [0.25, 0.3) is 0 Å². The fraction of sp³-hybridized carbons (Fsp3) is 0. The monoisotopic (exact) mass is 964 g/mol. The molecular weight excluding hydrogens is 933 g/mol. The van der Waals surface area contributed by atoms with Crippen LogP contribution in [0.4, 0.5) is 11.4 Å². The van der Waals surface area contributed by atoms with Gasteiger partial charge in [0, 0.05) is 54.2 Å². The van der Waals surface area contributed by atoms with E-state index in [1.54, 1.807) is 0 Å². The van der Waals surface area contributed by atoms with Crippen molar-refractivity contribution >= 4 is 98.6 Å². The van der Waals surface area contributed by atoms with Crippen LogP contribution in [0.5, 0.6) is 0 Å². The van der Waals surface area contributed by atoms with Gasteiger partial charge in [0.15, 0.2) is 0 Å². The lowest BCUT2D eigenvalue weighted by atomic mass is 9.86. The van der Waals surface area contributed by atoms with E-state index < -0.39 is 0 Å². The van der Waals surface area contributed by atoms with Crippen molar-refractivity contribution in [3.05, 3.63) is 239 Å². The molecule has 10 nitrogen and oxygen atoms in total. The zero-order chi connectivity index (χ0) is 51.3. The fourth-order valence-electron chi connectivity index (χ4n) is 12.1. The summed E-state index contributed by atoms with van der Waals surface area (Å²) in [6, 6.07) is 72.8. The Morgan fingerprint density at radius 3 is 0.632 bits per heavy atom. The SMILES string of the molecule is [C-]#[N+]c1c(C#N)c(C#N)c(-n2c3ccccc3c3ccccc32)c(-c2c(-n3c4ccccc4c4ccccc43)c(C#N)c(C#N)c([N+]#[C-])c2-n2c3ccccc3c3ccccc32)c1-n1c2ccccc2c2ccccc21. The molecule has 0 spiro atoms. The molecule has 10 aromatic carbocycles. The first kappa shape index (κ1) is 43.2. The molecule has 0 aliphatic carbocycles. The van der Waals surface area contributed by atoms with Crippen LogP contribution in [-0.4, -0.2) is 18.3 Å². The highest BCUT2D eigenvalue weighted by atomic mass is 15.1. The number of hydrogen-bond acceptors (Lipinski definition) is 4. The molecule has 0 aliphatic rings. The Balaban J connectivity index is 1.40. The number of rotatable bonds is 5. The van der Waals surface area contributed by atoms with Crippen LogP contribution in [0, 0.1) is 58.5 Å². The summed E-state index contributed by atoms with van der Waals surface area (Å²) in [6.07, 6.45) is 0. The standard InChI is InChI=1S/C66H32N10/c1-71-61-47(35-67)49(37-69)63(73-51-27-11-3-19-39(51)40-20-4-12-28-52(40)73)59(65(61)75-55-31-15-7-23-43(55)44-24-8-16-32-56(44)75)60-64(74-53-29-13-5-21-41(53)42-22-6-14-30-54(42)74)50(38-70)48(36-68)62(72-2)66(60)76-57-33-17-9-25-45(57)46-26-10-18-34-58(46)76/h3-34H. The normalized spacial score (nSPS) is 11.3. The first-order valence-electron chi connectivity index (χ1n) is 24.3. The third-order valence-electron chi connectivity index (χ3n) is 15.0. The van der Waals surface area contributed by atoms with Gasteiger partial charge in [-0.05, 0) is 48.5 Å². The quantitative estimate of drug-likeness (QED) is 0.159. The summed E-state index contributed by atoms with van der Waals surface area (Å²) in [4.78, 5) is 8.62. The molecule has 0 fully saturated rings. The van der Waals surface area contributed by atoms with Gasteiger partial charge in [0.2, 0.25) is 11.4 Å². The number of nitrogens with zero attached hydrogens (tertiary/aromatic N) is 10. The predicted octanol–water partition coefficient (Wildman–Crippen LogP) is 16.3. The fourth-order valence-corrected chi connectivity index (χ4v) is 12.1. The second-order valence-corrected chi connectivity index (χ2v) is 18.5. The third kappa shape index (κ3) is 5.62. The number of fused-ring (bicyclic) bond motifs is 12. The molecule has 0 saturated carbocycles. The molecule has 0 aliphatic heterocycles. The molecule has 346 valence electrons. The van der Waals surface area contributed by atoms with Gasteiger partial charge < -0.3 is 18.3 Å². The minimum atomic E-state index is -0.147. The number of aromatic nitrogens is 4. The van der Waals surface area contributed by atoms with E-state index in [1.165, 1.54) is 0 Å². The van der Waals surface area contributed by atoms with Crippen LogP contribution in [0.25, 0.3) is 131 Å². The molecule has 0 amide bonds. The molecule has 4 heterocycles. The lowest BCUT2D eigenvalue weighted by Crippen LogP contribution is -2.14. The maximum atomic E-state index is 12.0. The van der Waals surface area contributed by atoms with Crippen LogP contribution in [0.2, 0.25) is 0 Å². The van der Waals surface area contributed by atoms with Gasteiger partial charge in [-0.1, -0.05) is 146 Å². The molecule has 76 heavy (non-hydrogen) atoms. The summed E-state index contributed by atoms with van der Waals surface area (Å²) in [7, 11) is 0. The highest BCUT2D eigenvalue weighted by Gasteiger charge is 2.38. The van der Waals surface area contributed by atoms with Crippen molar-refractivity contribution < 1.29 is 0 Å². The van der Waals surface area contributed by atoms with Crippen LogP contribution >= 0.6 is 0 Å². The van der Waals surface area contributed by atoms with Gasteiger partial charge in [-0.15, -0.1) is 0 Å². The van der Waals surface area contributed by atoms with Crippen molar-refractivity contribution in [2.45, 2.75) is 0 Å². The molecule has 4 aromatic heterocycles. The summed E-state index contributed by atoms with van der Waals surface area (Å²) in [5.74, 6) is 0. The minimum absolute atomic E-state index is 0.0897. The van der Waals surface area contributed by atoms with Crippen LogP contribution in [0.15, 0.2) is 194 Å². The van der Waals surface area contributed by atoms with Crippen LogP contribution < -0.4 is 0 Å². The third-order valence-corrected chi connectivity index (χ3v) is 15.0. The van der Waals surface area contributed by atoms with E-state index in [0.29, 0.717) is 44.1 Å². The largest absolute Gasteiger partial charge is 0.318 e. The molecular formula is C66H32N10. The predicted molar refractivity (Wildman–Crippen MR) is 301 cm³/mol. The Hall–Kier alpha value is -11.7. The van der Waals surface area contributed by atoms with Crippen LogP contribution in [0.3, 0.4) is 0 Å². The Morgan fingerprint density at radius 2 is 0.447 bits per heavy atom. The topological polar surface area (TPSA) is 124 Å². The lowest BCUT2D eigenvalue weighted by molar-refractivity contribution is 1.10. The van der Waals surface area contributed by atoms with E-state index in [2.05, 4.69) is 34.0 Å². The average Bonchev–Trinajstić information content (AvgIpc) is 4.21. The Labute approximate surface area is 433 Å². The molecule has 14 rings (SSSR count). The van der Waals surface area contributed by atoms with Crippen molar-refractivity contribution in [3.63, 3.8) is 0 Å². The lowest BCUT2D eigenvalue weighted by Gasteiger charge is -2.29. The van der Waals surface area contributed by atoms with E-state index in [9.17, 15) is 34.2 Å². The summed E-state index contributed by atoms with van der Waals surface area (Å²) in [5.41, 5.74) is 6.44. The maximum absolute atomic E-state index is 12.0. The van der Waals surface area contributed by atoms with Crippen LogP contribution in [-0.2, 0) is 0 Å². The number of hydrogen-bond donors (Lipinski definition) is 0. The Morgan fingerprint density at radius 1 is 0.263 bits per heavy atom. The Kier molecular flexibility index (Phi) is 9.34. The number of para-hydroxylation sites is 8. The van der Waals surface area contributed by atoms with Gasteiger partial charge in [-0.3, -0.25) is 0 Å². The zero-order valence-electron chi connectivity index (χ0n) is 39.9. The van der Waals surface area contributed by atoms with Gasteiger partial charge in [0.05, 0.1) is 114 Å². The molecule has 0 N–H and O–H groups in total. The molecule has 14 aromatic rings. The van der Waals surface area contributed by atoms with Crippen molar-refractivity contribution in [2.75, 3.05) is 0 Å². The molecule has 0 saturated heterocycles. The second kappa shape index (κ2) is 16.4. The smallest absolute Gasteiger partial charge is 0.230 e. The molecule has 0 atom stereocenters. The van der Waals surface area contributed by atoms with Crippen LogP contribution in [0.1, 0.15) is 22.3 Å². The molecule has 0 radical (unpaired) electrons. The number of nitriles is 4. The highest BCUT2D eigenvalue weighted by molar-refractivity contribution is 6.18. The van der Waals surface area contributed by atoms with Crippen molar-refractivity contribution in [1.29, 1.82) is 21.0 Å². The highest BCUT2D eigenvalue weighted by Crippen LogP contribution is 2.56. The average molecular weight is 965 g/mol.